The van der Waals surface area contributed by atoms with Gasteiger partial charge in [0.25, 0.3) is 11.5 Å². The fourth-order valence-electron chi connectivity index (χ4n) is 5.71. The maximum absolute atomic E-state index is 14.6. The summed E-state index contributed by atoms with van der Waals surface area (Å²) in [6.45, 7) is 10.2. The maximum atomic E-state index is 14.6. The molecule has 1 aliphatic heterocycles. The van der Waals surface area contributed by atoms with Crippen molar-refractivity contribution in [2.24, 2.45) is 5.92 Å². The monoisotopic (exact) mass is 602 g/mol. The minimum Gasteiger partial charge on any atom is -0.349 e. The van der Waals surface area contributed by atoms with Gasteiger partial charge in [-0.3, -0.25) is 14.2 Å². The molecule has 2 N–H and O–H groups in total. The quantitative estimate of drug-likeness (QED) is 0.214. The number of hydrogen-bond acceptors (Lipinski definition) is 5. The molecule has 0 unspecified atom stereocenters. The van der Waals surface area contributed by atoms with Gasteiger partial charge in [0, 0.05) is 27.7 Å². The van der Waals surface area contributed by atoms with Crippen molar-refractivity contribution in [1.82, 2.24) is 20.2 Å². The third kappa shape index (κ3) is 6.38. The standard InChI is InChI=1S/C34H39ClN4O2S/c1-5-22-8-7-9-23(6-2)31(22)39-30(18-21(3)4)27(32(40)37-26-14-16-36-17-15-26)19-28(34(39)41)33-38-29(20-42-33)24-10-12-25(35)13-11-24/h7-13,19-21,26,36H,5-6,14-18H2,1-4H3,(H,37,40). The number of pyridine rings is 1. The van der Waals surface area contributed by atoms with Gasteiger partial charge in [-0.15, -0.1) is 11.3 Å². The Morgan fingerprint density at radius 1 is 1.10 bits per heavy atom. The van der Waals surface area contributed by atoms with E-state index >= 15 is 0 Å². The first kappa shape index (κ1) is 30.2. The number of para-hydroxylation sites is 1. The van der Waals surface area contributed by atoms with Gasteiger partial charge in [0.15, 0.2) is 0 Å². The number of aryl methyl sites for hydroxylation is 2. The van der Waals surface area contributed by atoms with Crippen LogP contribution in [-0.2, 0) is 19.3 Å². The van der Waals surface area contributed by atoms with Crippen molar-refractivity contribution in [3.63, 3.8) is 0 Å². The van der Waals surface area contributed by atoms with Gasteiger partial charge in [-0.25, -0.2) is 4.98 Å². The summed E-state index contributed by atoms with van der Waals surface area (Å²) in [5, 5.41) is 9.87. The van der Waals surface area contributed by atoms with Crippen LogP contribution in [0.4, 0.5) is 0 Å². The first-order valence-electron chi connectivity index (χ1n) is 14.9. The summed E-state index contributed by atoms with van der Waals surface area (Å²) >= 11 is 7.53. The lowest BCUT2D eigenvalue weighted by atomic mass is 9.96. The average Bonchev–Trinajstić information content (AvgIpc) is 3.48. The summed E-state index contributed by atoms with van der Waals surface area (Å²) in [7, 11) is 0. The van der Waals surface area contributed by atoms with E-state index in [1.807, 2.05) is 34.2 Å². The van der Waals surface area contributed by atoms with Gasteiger partial charge in [-0.05, 0) is 80.4 Å². The summed E-state index contributed by atoms with van der Waals surface area (Å²) < 4.78 is 1.84. The Bertz CT molecular complexity index is 1600. The number of nitrogens with one attached hydrogen (secondary N) is 2. The Hall–Kier alpha value is -3.26. The van der Waals surface area contributed by atoms with Crippen LogP contribution in [0.1, 0.15) is 67.7 Å². The van der Waals surface area contributed by atoms with Gasteiger partial charge in [0.05, 0.1) is 22.5 Å². The Labute approximate surface area is 257 Å². The minimum absolute atomic E-state index is 0.0972. The molecule has 1 amide bonds. The molecule has 0 aliphatic carbocycles. The van der Waals surface area contributed by atoms with Crippen LogP contribution in [0.15, 0.2) is 58.7 Å². The molecular formula is C34H39ClN4O2S. The molecule has 8 heteroatoms. The van der Waals surface area contributed by atoms with Gasteiger partial charge in [-0.2, -0.15) is 0 Å². The van der Waals surface area contributed by atoms with E-state index in [4.69, 9.17) is 16.6 Å². The molecule has 2 aromatic carbocycles. The van der Waals surface area contributed by atoms with Gasteiger partial charge in [-0.1, -0.05) is 69.6 Å². The zero-order valence-electron chi connectivity index (χ0n) is 24.8. The van der Waals surface area contributed by atoms with Crippen LogP contribution >= 0.6 is 22.9 Å². The lowest BCUT2D eigenvalue weighted by Gasteiger charge is -2.26. The molecule has 1 fully saturated rings. The first-order valence-corrected chi connectivity index (χ1v) is 16.2. The molecule has 6 nitrogen and oxygen atoms in total. The fraction of sp³-hybridized carbons (Fsp3) is 0.382. The highest BCUT2D eigenvalue weighted by Gasteiger charge is 2.27. The van der Waals surface area contributed by atoms with Gasteiger partial charge >= 0.3 is 0 Å². The number of carbonyl (C=O) groups is 1. The van der Waals surface area contributed by atoms with Crippen molar-refractivity contribution in [3.8, 4) is 27.5 Å². The highest BCUT2D eigenvalue weighted by Crippen LogP contribution is 2.32. The molecular weight excluding hydrogens is 564 g/mol. The van der Waals surface area contributed by atoms with E-state index in [1.165, 1.54) is 11.3 Å². The smallest absolute Gasteiger partial charge is 0.265 e. The van der Waals surface area contributed by atoms with Crippen molar-refractivity contribution in [2.75, 3.05) is 13.1 Å². The molecule has 42 heavy (non-hydrogen) atoms. The number of piperidine rings is 1. The molecule has 0 spiro atoms. The lowest BCUT2D eigenvalue weighted by Crippen LogP contribution is -2.43. The fourth-order valence-corrected chi connectivity index (χ4v) is 6.67. The van der Waals surface area contributed by atoms with E-state index in [1.54, 1.807) is 6.07 Å². The number of carbonyl (C=O) groups excluding carboxylic acids is 1. The summed E-state index contributed by atoms with van der Waals surface area (Å²) in [6.07, 6.45) is 3.91. The number of nitrogens with zero attached hydrogens (tertiary/aromatic N) is 2. The van der Waals surface area contributed by atoms with Crippen molar-refractivity contribution >= 4 is 28.8 Å². The van der Waals surface area contributed by atoms with Crippen LogP contribution in [0.3, 0.4) is 0 Å². The van der Waals surface area contributed by atoms with Crippen LogP contribution in [-0.4, -0.2) is 34.6 Å². The van der Waals surface area contributed by atoms with Gasteiger partial charge in [0.1, 0.15) is 5.01 Å². The predicted octanol–water partition coefficient (Wildman–Crippen LogP) is 7.09. The number of aromatic nitrogens is 2. The van der Waals surface area contributed by atoms with Gasteiger partial charge in [0.2, 0.25) is 0 Å². The van der Waals surface area contributed by atoms with E-state index in [0.29, 0.717) is 27.6 Å². The Kier molecular flexibility index (Phi) is 9.61. The van der Waals surface area contributed by atoms with E-state index in [2.05, 4.69) is 56.5 Å². The lowest BCUT2D eigenvalue weighted by molar-refractivity contribution is 0.0927. The topological polar surface area (TPSA) is 76.0 Å². The van der Waals surface area contributed by atoms with Crippen LogP contribution in [0.2, 0.25) is 5.02 Å². The molecule has 0 atom stereocenters. The Morgan fingerprint density at radius 2 is 1.76 bits per heavy atom. The third-order valence-electron chi connectivity index (χ3n) is 7.89. The Morgan fingerprint density at radius 3 is 2.38 bits per heavy atom. The number of thiazole rings is 1. The number of benzene rings is 2. The van der Waals surface area contributed by atoms with Crippen molar-refractivity contribution < 1.29 is 4.79 Å². The number of halogens is 1. The van der Waals surface area contributed by atoms with Crippen molar-refractivity contribution in [2.45, 2.75) is 65.8 Å². The van der Waals surface area contributed by atoms with Crippen LogP contribution in [0.5, 0.6) is 0 Å². The number of amides is 1. The molecule has 4 aromatic rings. The molecule has 0 radical (unpaired) electrons. The molecule has 2 aromatic heterocycles. The minimum atomic E-state index is -0.142. The zero-order chi connectivity index (χ0) is 29.8. The molecule has 5 rings (SSSR count). The summed E-state index contributed by atoms with van der Waals surface area (Å²) in [6, 6.07) is 15.6. The normalized spacial score (nSPS) is 14.0. The molecule has 220 valence electrons. The van der Waals surface area contributed by atoms with Crippen molar-refractivity contribution in [1.29, 1.82) is 0 Å². The second kappa shape index (κ2) is 13.4. The number of hydrogen-bond donors (Lipinski definition) is 2. The number of rotatable bonds is 9. The summed E-state index contributed by atoms with van der Waals surface area (Å²) in [5.41, 5.74) is 6.38. The largest absolute Gasteiger partial charge is 0.349 e. The molecule has 1 aliphatic rings. The van der Waals surface area contributed by atoms with Crippen molar-refractivity contribution in [3.05, 3.63) is 91.7 Å². The summed E-state index contributed by atoms with van der Waals surface area (Å²) in [5.74, 6) is 0.108. The van der Waals surface area contributed by atoms with Crippen LogP contribution in [0.25, 0.3) is 27.5 Å². The molecule has 0 bridgehead atoms. The third-order valence-corrected chi connectivity index (χ3v) is 9.01. The van der Waals surface area contributed by atoms with E-state index < -0.39 is 0 Å². The highest BCUT2D eigenvalue weighted by atomic mass is 35.5. The molecule has 1 saturated heterocycles. The Balaban J connectivity index is 1.75. The van der Waals surface area contributed by atoms with E-state index in [0.717, 1.165) is 72.5 Å². The second-order valence-corrected chi connectivity index (χ2v) is 12.6. The first-order chi connectivity index (χ1) is 20.3. The maximum Gasteiger partial charge on any atom is 0.265 e. The van der Waals surface area contributed by atoms with E-state index in [9.17, 15) is 9.59 Å². The zero-order valence-corrected chi connectivity index (χ0v) is 26.4. The second-order valence-electron chi connectivity index (χ2n) is 11.3. The van der Waals surface area contributed by atoms with Crippen LogP contribution in [0, 0.1) is 5.92 Å². The summed E-state index contributed by atoms with van der Waals surface area (Å²) in [4.78, 5) is 33.6. The molecule has 0 saturated carbocycles. The van der Waals surface area contributed by atoms with Gasteiger partial charge < -0.3 is 10.6 Å². The molecule has 3 heterocycles. The SMILES string of the molecule is CCc1cccc(CC)c1-n1c(CC(C)C)c(C(=O)NC2CCNCC2)cc(-c2nc(-c3ccc(Cl)cc3)cs2)c1=O. The average molecular weight is 603 g/mol. The predicted molar refractivity (Wildman–Crippen MR) is 174 cm³/mol. The van der Waals surface area contributed by atoms with Crippen LogP contribution < -0.4 is 16.2 Å². The van der Waals surface area contributed by atoms with E-state index in [-0.39, 0.29) is 23.4 Å². The highest BCUT2D eigenvalue weighted by molar-refractivity contribution is 7.13.